The molecule has 2 aliphatic rings. The molecule has 0 aromatic rings. The Morgan fingerprint density at radius 1 is 1.30 bits per heavy atom. The Bertz CT molecular complexity index is 376. The van der Waals surface area contributed by atoms with Crippen LogP contribution in [0.4, 0.5) is 4.79 Å². The first-order chi connectivity index (χ1) is 9.30. The van der Waals surface area contributed by atoms with Gasteiger partial charge in [-0.05, 0) is 58.8 Å². The maximum atomic E-state index is 12.0. The van der Waals surface area contributed by atoms with E-state index in [-0.39, 0.29) is 6.09 Å². The van der Waals surface area contributed by atoms with Crippen molar-refractivity contribution in [1.29, 1.82) is 0 Å². The van der Waals surface area contributed by atoms with Crippen LogP contribution in [0, 0.1) is 5.92 Å². The Balaban J connectivity index is 1.88. The van der Waals surface area contributed by atoms with Gasteiger partial charge in [0.15, 0.2) is 0 Å². The lowest BCUT2D eigenvalue weighted by atomic mass is 9.74. The van der Waals surface area contributed by atoms with Crippen LogP contribution in [0.25, 0.3) is 0 Å². The van der Waals surface area contributed by atoms with Crippen LogP contribution in [0.2, 0.25) is 0 Å². The zero-order valence-electron chi connectivity index (χ0n) is 12.9. The third-order valence-electron chi connectivity index (χ3n) is 4.31. The van der Waals surface area contributed by atoms with Gasteiger partial charge in [-0.3, -0.25) is 0 Å². The van der Waals surface area contributed by atoms with Crippen LogP contribution in [-0.2, 0) is 4.74 Å². The summed E-state index contributed by atoms with van der Waals surface area (Å²) in [5.41, 5.74) is -1.07. The second-order valence-electron chi connectivity index (χ2n) is 7.05. The van der Waals surface area contributed by atoms with Crippen molar-refractivity contribution in [2.45, 2.75) is 64.1 Å². The van der Waals surface area contributed by atoms with E-state index in [9.17, 15) is 9.90 Å². The van der Waals surface area contributed by atoms with E-state index in [4.69, 9.17) is 4.74 Å². The van der Waals surface area contributed by atoms with Crippen LogP contribution in [0.5, 0.6) is 0 Å². The Kier molecular flexibility index (Phi) is 4.43. The van der Waals surface area contributed by atoms with Gasteiger partial charge in [-0.25, -0.2) is 4.79 Å². The summed E-state index contributed by atoms with van der Waals surface area (Å²) in [5, 5.41) is 10.8. The van der Waals surface area contributed by atoms with E-state index in [1.807, 2.05) is 20.8 Å². The summed E-state index contributed by atoms with van der Waals surface area (Å²) in [5.74, 6) is 0.341. The third-order valence-corrected chi connectivity index (χ3v) is 4.31. The Morgan fingerprint density at radius 3 is 2.45 bits per heavy atom. The molecule has 0 saturated carbocycles. The number of carbonyl (C=O) groups is 1. The molecule has 0 aromatic heterocycles. The number of carbonyl (C=O) groups excluding carboxylic acids is 1. The number of likely N-dealkylation sites (tertiary alicyclic amines) is 1. The van der Waals surface area contributed by atoms with Crippen molar-refractivity contribution in [1.82, 2.24) is 4.90 Å². The van der Waals surface area contributed by atoms with Gasteiger partial charge in [0.2, 0.25) is 0 Å². The summed E-state index contributed by atoms with van der Waals surface area (Å²) >= 11 is 0. The number of rotatable bonds is 1. The average Bonchev–Trinajstić information content (AvgIpc) is 2.38. The Morgan fingerprint density at radius 2 is 1.95 bits per heavy atom. The van der Waals surface area contributed by atoms with Crippen LogP contribution in [0.15, 0.2) is 12.2 Å². The van der Waals surface area contributed by atoms with Gasteiger partial charge < -0.3 is 14.7 Å². The zero-order valence-corrected chi connectivity index (χ0v) is 12.9. The highest BCUT2D eigenvalue weighted by Gasteiger charge is 2.40. The van der Waals surface area contributed by atoms with Crippen LogP contribution in [0.1, 0.15) is 52.9 Å². The highest BCUT2D eigenvalue weighted by atomic mass is 16.6. The molecule has 4 nitrogen and oxygen atoms in total. The first kappa shape index (κ1) is 15.4. The fraction of sp³-hybridized carbons (Fsp3) is 0.812. The second kappa shape index (κ2) is 5.76. The molecule has 1 unspecified atom stereocenters. The maximum Gasteiger partial charge on any atom is 0.410 e. The molecule has 4 heteroatoms. The highest BCUT2D eigenvalue weighted by Crippen LogP contribution is 2.37. The SMILES string of the molecule is CC(C)(C)OC(=O)N1CCC(O)(C2CC=CCC2)CC1. The Labute approximate surface area is 121 Å². The van der Waals surface area contributed by atoms with Crippen LogP contribution < -0.4 is 0 Å². The number of piperidine rings is 1. The molecule has 114 valence electrons. The van der Waals surface area contributed by atoms with Crippen molar-refractivity contribution >= 4 is 6.09 Å². The Hall–Kier alpha value is -1.03. The number of amides is 1. The predicted molar refractivity (Wildman–Crippen MR) is 78.5 cm³/mol. The fourth-order valence-corrected chi connectivity index (χ4v) is 3.09. The minimum Gasteiger partial charge on any atom is -0.444 e. The third kappa shape index (κ3) is 3.75. The van der Waals surface area contributed by atoms with Crippen LogP contribution in [-0.4, -0.2) is 40.4 Å². The molecule has 1 saturated heterocycles. The maximum absolute atomic E-state index is 12.0. The lowest BCUT2D eigenvalue weighted by molar-refractivity contribution is -0.0714. The molecule has 1 aliphatic carbocycles. The molecule has 0 aromatic carbocycles. The van der Waals surface area contributed by atoms with E-state index in [0.29, 0.717) is 31.8 Å². The van der Waals surface area contributed by atoms with Crippen molar-refractivity contribution in [3.63, 3.8) is 0 Å². The molecular weight excluding hydrogens is 254 g/mol. The van der Waals surface area contributed by atoms with Gasteiger partial charge in [0.25, 0.3) is 0 Å². The number of hydrogen-bond acceptors (Lipinski definition) is 3. The molecule has 1 amide bonds. The van der Waals surface area contributed by atoms with E-state index in [1.165, 1.54) is 0 Å². The van der Waals surface area contributed by atoms with Crippen molar-refractivity contribution in [2.24, 2.45) is 5.92 Å². The van der Waals surface area contributed by atoms with Gasteiger partial charge in [0.1, 0.15) is 5.60 Å². The van der Waals surface area contributed by atoms with E-state index < -0.39 is 11.2 Å². The molecule has 1 atom stereocenters. The predicted octanol–water partition coefficient (Wildman–Crippen LogP) is 3.10. The number of allylic oxidation sites excluding steroid dienone is 2. The van der Waals surface area contributed by atoms with Crippen molar-refractivity contribution < 1.29 is 14.6 Å². The number of ether oxygens (including phenoxy) is 1. The van der Waals surface area contributed by atoms with Crippen LogP contribution >= 0.6 is 0 Å². The van der Waals surface area contributed by atoms with E-state index >= 15 is 0 Å². The van der Waals surface area contributed by atoms with E-state index in [0.717, 1.165) is 19.3 Å². The first-order valence-electron chi connectivity index (χ1n) is 7.65. The molecule has 1 fully saturated rings. The minimum absolute atomic E-state index is 0.261. The molecule has 1 heterocycles. The normalized spacial score (nSPS) is 26.4. The molecule has 20 heavy (non-hydrogen) atoms. The second-order valence-corrected chi connectivity index (χ2v) is 7.05. The summed E-state index contributed by atoms with van der Waals surface area (Å²) in [6.45, 7) is 6.80. The smallest absolute Gasteiger partial charge is 0.410 e. The molecular formula is C16H27NO3. The molecule has 1 aliphatic heterocycles. The van der Waals surface area contributed by atoms with Gasteiger partial charge in [-0.1, -0.05) is 12.2 Å². The quantitative estimate of drug-likeness (QED) is 0.751. The number of nitrogens with zero attached hydrogens (tertiary/aromatic N) is 1. The number of hydrogen-bond donors (Lipinski definition) is 1. The lowest BCUT2D eigenvalue weighted by Gasteiger charge is -2.43. The van der Waals surface area contributed by atoms with Gasteiger partial charge in [-0.15, -0.1) is 0 Å². The topological polar surface area (TPSA) is 49.8 Å². The van der Waals surface area contributed by atoms with Crippen LogP contribution in [0.3, 0.4) is 0 Å². The summed E-state index contributed by atoms with van der Waals surface area (Å²) in [6, 6.07) is 0. The summed E-state index contributed by atoms with van der Waals surface area (Å²) in [4.78, 5) is 13.7. The van der Waals surface area contributed by atoms with Gasteiger partial charge in [0, 0.05) is 13.1 Å². The highest BCUT2D eigenvalue weighted by molar-refractivity contribution is 5.68. The van der Waals surface area contributed by atoms with Crippen molar-refractivity contribution in [3.8, 4) is 0 Å². The largest absolute Gasteiger partial charge is 0.444 e. The summed E-state index contributed by atoms with van der Waals surface area (Å²) in [7, 11) is 0. The molecule has 0 spiro atoms. The monoisotopic (exact) mass is 281 g/mol. The zero-order chi connectivity index (χ0) is 14.8. The van der Waals surface area contributed by atoms with Crippen molar-refractivity contribution in [2.75, 3.05) is 13.1 Å². The molecule has 2 rings (SSSR count). The summed E-state index contributed by atoms with van der Waals surface area (Å²) in [6.07, 6.45) is 8.49. The molecule has 0 bridgehead atoms. The van der Waals surface area contributed by atoms with E-state index in [2.05, 4.69) is 12.2 Å². The number of aliphatic hydroxyl groups is 1. The average molecular weight is 281 g/mol. The van der Waals surface area contributed by atoms with E-state index in [1.54, 1.807) is 4.90 Å². The van der Waals surface area contributed by atoms with Gasteiger partial charge >= 0.3 is 6.09 Å². The summed E-state index contributed by atoms with van der Waals surface area (Å²) < 4.78 is 5.39. The standard InChI is InChI=1S/C16H27NO3/c1-15(2,3)20-14(18)17-11-9-16(19,10-12-17)13-7-5-4-6-8-13/h4-5,13,19H,6-12H2,1-3H3. The van der Waals surface area contributed by atoms with Gasteiger partial charge in [0.05, 0.1) is 5.60 Å². The molecule has 1 N–H and O–H groups in total. The van der Waals surface area contributed by atoms with Crippen molar-refractivity contribution in [3.05, 3.63) is 12.2 Å². The van der Waals surface area contributed by atoms with Gasteiger partial charge in [-0.2, -0.15) is 0 Å². The lowest BCUT2D eigenvalue weighted by Crippen LogP contribution is -2.51. The molecule has 0 radical (unpaired) electrons. The first-order valence-corrected chi connectivity index (χ1v) is 7.65. The minimum atomic E-state index is -0.608. The fourth-order valence-electron chi connectivity index (χ4n) is 3.09.